The first-order valence-electron chi connectivity index (χ1n) is 9.10. The van der Waals surface area contributed by atoms with Crippen molar-refractivity contribution >= 4 is 17.5 Å². The third kappa shape index (κ3) is 6.57. The molecule has 0 radical (unpaired) electrons. The summed E-state index contributed by atoms with van der Waals surface area (Å²) in [6, 6.07) is 0. The minimum atomic E-state index is -3.28. The Bertz CT molecular complexity index is 748. The van der Waals surface area contributed by atoms with Crippen LogP contribution in [0.15, 0.2) is 6.20 Å². The Morgan fingerprint density at radius 3 is 2.66 bits per heavy atom. The van der Waals surface area contributed by atoms with Crippen LogP contribution in [0.1, 0.15) is 40.0 Å². The van der Waals surface area contributed by atoms with Gasteiger partial charge in [0.1, 0.15) is 18.3 Å². The second-order valence-electron chi connectivity index (χ2n) is 8.11. The average Bonchev–Trinajstić information content (AvgIpc) is 2.85. The van der Waals surface area contributed by atoms with E-state index in [4.69, 9.17) is 4.74 Å². The minimum Gasteiger partial charge on any atom is -0.460 e. The number of esters is 1. The van der Waals surface area contributed by atoms with Gasteiger partial charge in [0.2, 0.25) is 5.82 Å². The van der Waals surface area contributed by atoms with Crippen molar-refractivity contribution in [3.8, 4) is 0 Å². The van der Waals surface area contributed by atoms with Crippen molar-refractivity contribution in [1.29, 1.82) is 0 Å². The normalized spacial score (nSPS) is 19.9. The molecule has 0 amide bonds. The highest BCUT2D eigenvalue weighted by Gasteiger charge is 2.41. The Hall–Kier alpha value is -2.40. The van der Waals surface area contributed by atoms with E-state index in [9.17, 15) is 32.5 Å². The van der Waals surface area contributed by atoms with Crippen molar-refractivity contribution in [2.75, 3.05) is 18.0 Å². The molecule has 0 spiro atoms. The summed E-state index contributed by atoms with van der Waals surface area (Å²) >= 11 is 0. The van der Waals surface area contributed by atoms with Crippen molar-refractivity contribution in [3.63, 3.8) is 0 Å². The van der Waals surface area contributed by atoms with Gasteiger partial charge in [-0.2, -0.15) is 5.10 Å². The fourth-order valence-electron chi connectivity index (χ4n) is 3.35. The lowest BCUT2D eigenvalue weighted by atomic mass is 9.95. The number of hydrogen-bond acceptors (Lipinski definition) is 6. The van der Waals surface area contributed by atoms with Crippen LogP contribution in [0.5, 0.6) is 0 Å². The van der Waals surface area contributed by atoms with E-state index < -0.39 is 60.0 Å². The fourth-order valence-corrected chi connectivity index (χ4v) is 3.35. The number of halogens is 4. The fraction of sp³-hybridized carbons (Fsp3) is 0.765. The lowest BCUT2D eigenvalue weighted by Gasteiger charge is -2.25. The van der Waals surface area contributed by atoms with Gasteiger partial charge in [-0.25, -0.2) is 22.2 Å². The highest BCUT2D eigenvalue weighted by Crippen LogP contribution is 2.37. The number of carbonyl (C=O) groups is 1. The van der Waals surface area contributed by atoms with Gasteiger partial charge in [-0.3, -0.25) is 14.9 Å². The van der Waals surface area contributed by atoms with Crippen LogP contribution in [0.25, 0.3) is 0 Å². The lowest BCUT2D eigenvalue weighted by Crippen LogP contribution is -2.37. The van der Waals surface area contributed by atoms with Gasteiger partial charge in [0, 0.05) is 19.4 Å². The first-order chi connectivity index (χ1) is 13.3. The Kier molecular flexibility index (Phi) is 6.74. The predicted molar refractivity (Wildman–Crippen MR) is 95.2 cm³/mol. The second-order valence-corrected chi connectivity index (χ2v) is 8.11. The quantitative estimate of drug-likeness (QED) is 0.300. The van der Waals surface area contributed by atoms with E-state index in [0.717, 1.165) is 11.1 Å². The highest BCUT2D eigenvalue weighted by molar-refractivity contribution is 5.70. The molecule has 29 heavy (non-hydrogen) atoms. The standard InChI is InChI=1S/C17H24F4N4O4/c1-16(2,3)29-14(26)6-11-4-5-23(10-17(20,21)7-11)15-12(25(27)28)8-22-24(15)9-13(18)19/h8,11,13H,4-7,9-10H2,1-3H3. The van der Waals surface area contributed by atoms with E-state index in [1.165, 1.54) is 0 Å². The molecular formula is C17H24F4N4O4. The van der Waals surface area contributed by atoms with Crippen LogP contribution in [-0.2, 0) is 16.1 Å². The van der Waals surface area contributed by atoms with E-state index in [0.29, 0.717) is 4.68 Å². The molecule has 0 N–H and O–H groups in total. The predicted octanol–water partition coefficient (Wildman–Crippen LogP) is 3.64. The van der Waals surface area contributed by atoms with Crippen LogP contribution < -0.4 is 4.90 Å². The number of rotatable bonds is 6. The largest absolute Gasteiger partial charge is 0.460 e. The molecule has 1 unspecified atom stereocenters. The van der Waals surface area contributed by atoms with E-state index in [2.05, 4.69) is 5.10 Å². The van der Waals surface area contributed by atoms with Gasteiger partial charge in [-0.1, -0.05) is 0 Å². The Morgan fingerprint density at radius 2 is 2.10 bits per heavy atom. The number of hydrogen-bond donors (Lipinski definition) is 0. The topological polar surface area (TPSA) is 90.5 Å². The monoisotopic (exact) mass is 424 g/mol. The van der Waals surface area contributed by atoms with E-state index in [-0.39, 0.29) is 25.2 Å². The molecule has 0 bridgehead atoms. The van der Waals surface area contributed by atoms with Gasteiger partial charge in [0.15, 0.2) is 0 Å². The van der Waals surface area contributed by atoms with Crippen LogP contribution in [0.4, 0.5) is 29.1 Å². The summed E-state index contributed by atoms with van der Waals surface area (Å²) in [6.07, 6.45) is -2.80. The van der Waals surface area contributed by atoms with Crippen molar-refractivity contribution in [2.45, 2.75) is 64.5 Å². The summed E-state index contributed by atoms with van der Waals surface area (Å²) in [7, 11) is 0. The molecule has 0 aromatic carbocycles. The summed E-state index contributed by atoms with van der Waals surface area (Å²) < 4.78 is 60.5. The van der Waals surface area contributed by atoms with Crippen molar-refractivity contribution in [1.82, 2.24) is 9.78 Å². The number of carbonyl (C=O) groups excluding carboxylic acids is 1. The molecule has 8 nitrogen and oxygen atoms in total. The van der Waals surface area contributed by atoms with E-state index in [1.807, 2.05) is 0 Å². The smallest absolute Gasteiger partial charge is 0.331 e. The van der Waals surface area contributed by atoms with Crippen LogP contribution in [0.3, 0.4) is 0 Å². The average molecular weight is 424 g/mol. The highest BCUT2D eigenvalue weighted by atomic mass is 19.3. The maximum Gasteiger partial charge on any atom is 0.331 e. The number of alkyl halides is 4. The number of aromatic nitrogens is 2. The van der Waals surface area contributed by atoms with E-state index >= 15 is 0 Å². The van der Waals surface area contributed by atoms with Crippen molar-refractivity contribution < 1.29 is 32.0 Å². The molecule has 0 aliphatic carbocycles. The summed E-state index contributed by atoms with van der Waals surface area (Å²) in [5, 5.41) is 14.8. The van der Waals surface area contributed by atoms with Crippen LogP contribution in [-0.4, -0.2) is 51.7 Å². The Morgan fingerprint density at radius 1 is 1.45 bits per heavy atom. The molecule has 12 heteroatoms. The SMILES string of the molecule is CC(C)(C)OC(=O)CC1CCN(c2c([N+](=O)[O-])cnn2CC(F)F)CC(F)(F)C1. The summed E-state index contributed by atoms with van der Waals surface area (Å²) in [5.41, 5.74) is -1.37. The van der Waals surface area contributed by atoms with Crippen LogP contribution in [0.2, 0.25) is 0 Å². The molecule has 1 aromatic rings. The van der Waals surface area contributed by atoms with Crippen LogP contribution >= 0.6 is 0 Å². The Balaban J connectivity index is 2.24. The summed E-state index contributed by atoms with van der Waals surface area (Å²) in [4.78, 5) is 23.4. The number of ether oxygens (including phenoxy) is 1. The second kappa shape index (κ2) is 8.54. The van der Waals surface area contributed by atoms with Gasteiger partial charge in [0.25, 0.3) is 12.3 Å². The molecule has 0 saturated carbocycles. The first-order valence-corrected chi connectivity index (χ1v) is 9.10. The summed E-state index contributed by atoms with van der Waals surface area (Å²) in [6.45, 7) is 3.08. The van der Waals surface area contributed by atoms with Crippen molar-refractivity contribution in [3.05, 3.63) is 16.3 Å². The van der Waals surface area contributed by atoms with E-state index in [1.54, 1.807) is 20.8 Å². The van der Waals surface area contributed by atoms with Gasteiger partial charge in [-0.05, 0) is 33.1 Å². The molecule has 1 aliphatic rings. The van der Waals surface area contributed by atoms with Gasteiger partial charge in [-0.15, -0.1) is 0 Å². The Labute approximate surface area is 164 Å². The van der Waals surface area contributed by atoms with Gasteiger partial charge >= 0.3 is 11.7 Å². The third-order valence-corrected chi connectivity index (χ3v) is 4.29. The summed E-state index contributed by atoms with van der Waals surface area (Å²) in [5.74, 6) is -4.99. The van der Waals surface area contributed by atoms with Gasteiger partial charge in [0.05, 0.1) is 11.5 Å². The molecule has 164 valence electrons. The molecule has 2 rings (SSSR count). The first kappa shape index (κ1) is 22.9. The molecule has 1 aliphatic heterocycles. The zero-order valence-electron chi connectivity index (χ0n) is 16.4. The molecule has 1 saturated heterocycles. The zero-order valence-corrected chi connectivity index (χ0v) is 16.4. The molecule has 1 fully saturated rings. The molecular weight excluding hydrogens is 400 g/mol. The third-order valence-electron chi connectivity index (χ3n) is 4.29. The molecule has 1 aromatic heterocycles. The van der Waals surface area contributed by atoms with Gasteiger partial charge < -0.3 is 9.64 Å². The minimum absolute atomic E-state index is 0.0706. The zero-order chi connectivity index (χ0) is 22.0. The maximum absolute atomic E-state index is 14.5. The lowest BCUT2D eigenvalue weighted by molar-refractivity contribution is -0.384. The number of nitro groups is 1. The molecule has 2 heterocycles. The van der Waals surface area contributed by atoms with Crippen molar-refractivity contribution in [2.24, 2.45) is 5.92 Å². The molecule has 1 atom stereocenters. The number of nitrogens with zero attached hydrogens (tertiary/aromatic N) is 4. The maximum atomic E-state index is 14.5. The number of anilines is 1. The van der Waals surface area contributed by atoms with Crippen LogP contribution in [0, 0.1) is 16.0 Å².